The second kappa shape index (κ2) is 14.3. The predicted octanol–water partition coefficient (Wildman–Crippen LogP) is 14.7. The molecular weight excluding hydrogens is 904 g/mol. The number of quaternary nitrogens is 2. The summed E-state index contributed by atoms with van der Waals surface area (Å²) in [5.41, 5.74) is 12.1. The van der Waals surface area contributed by atoms with E-state index in [0.29, 0.717) is 26.6 Å². The van der Waals surface area contributed by atoms with Gasteiger partial charge >= 0.3 is 0 Å². The minimum atomic E-state index is -0.133. The van der Waals surface area contributed by atoms with E-state index >= 15 is 0 Å². The Hall–Kier alpha value is -4.54. The van der Waals surface area contributed by atoms with Crippen LogP contribution in [0.25, 0.3) is 27.6 Å². The Morgan fingerprint density at radius 3 is 2.07 bits per heavy atom. The van der Waals surface area contributed by atoms with Crippen LogP contribution in [-0.4, -0.2) is 9.55 Å². The van der Waals surface area contributed by atoms with Gasteiger partial charge in [0.15, 0.2) is 12.4 Å². The van der Waals surface area contributed by atoms with Crippen molar-refractivity contribution < 1.29 is 25.8 Å². The largest absolute Gasteiger partial charge is 0.509 e. The number of fused-ring (bicyclic) bond motifs is 7. The summed E-state index contributed by atoms with van der Waals surface area (Å²) in [7, 11) is 0. The summed E-state index contributed by atoms with van der Waals surface area (Å²) in [6.07, 6.45) is 4.17. The van der Waals surface area contributed by atoms with Crippen LogP contribution in [0.15, 0.2) is 109 Å². The van der Waals surface area contributed by atoms with Crippen LogP contribution >= 0.6 is 0 Å². The molecule has 0 saturated carbocycles. The molecule has 1 saturated heterocycles. The van der Waals surface area contributed by atoms with Gasteiger partial charge in [-0.2, -0.15) is 10.7 Å². The van der Waals surface area contributed by atoms with Crippen LogP contribution in [0.4, 0.5) is 22.7 Å². The molecule has 0 bridgehead atoms. The van der Waals surface area contributed by atoms with Crippen molar-refractivity contribution in [1.82, 2.24) is 18.7 Å². The molecule has 0 spiro atoms. The number of hydrogen-bond acceptors (Lipinski definition) is 2. The first-order valence-electron chi connectivity index (χ1n) is 21.1. The Labute approximate surface area is 366 Å². The van der Waals surface area contributed by atoms with E-state index in [1.807, 2.05) is 12.3 Å². The van der Waals surface area contributed by atoms with E-state index in [2.05, 4.69) is 197 Å². The second-order valence-electron chi connectivity index (χ2n) is 19.6. The Morgan fingerprint density at radius 1 is 0.644 bits per heavy atom. The summed E-state index contributed by atoms with van der Waals surface area (Å²) in [6, 6.07) is 45.6. The molecule has 5 nitrogen and oxygen atoms in total. The molecule has 9 rings (SSSR count). The fourth-order valence-corrected chi connectivity index (χ4v) is 9.19. The average Bonchev–Trinajstić information content (AvgIpc) is 3.68. The molecule has 1 unspecified atom stereocenters. The number of pyridine rings is 1. The number of rotatable bonds is 8. The Bertz CT molecular complexity index is 2740. The maximum atomic E-state index is 6.92. The first-order chi connectivity index (χ1) is 27.5. The van der Waals surface area contributed by atoms with Gasteiger partial charge in [0.25, 0.3) is 0 Å². The smallest absolute Gasteiger partial charge is 0.225 e. The zero-order chi connectivity index (χ0) is 41.0. The van der Waals surface area contributed by atoms with E-state index in [1.54, 1.807) is 0 Å². The molecule has 7 aromatic rings. The molecule has 0 radical (unpaired) electrons. The Morgan fingerprint density at radius 2 is 1.36 bits per heavy atom. The van der Waals surface area contributed by atoms with E-state index in [9.17, 15) is 0 Å². The van der Waals surface area contributed by atoms with E-state index in [0.717, 1.165) is 46.2 Å². The molecule has 59 heavy (non-hydrogen) atoms. The van der Waals surface area contributed by atoms with Crippen molar-refractivity contribution in [2.75, 3.05) is 0 Å². The van der Waals surface area contributed by atoms with Crippen molar-refractivity contribution in [3.05, 3.63) is 150 Å². The molecule has 6 heteroatoms. The summed E-state index contributed by atoms with van der Waals surface area (Å²) in [4.78, 5) is 4.89. The minimum absolute atomic E-state index is 0. The molecule has 5 aromatic carbocycles. The topological polar surface area (TPSA) is 27.1 Å². The van der Waals surface area contributed by atoms with Gasteiger partial charge in [-0.1, -0.05) is 124 Å². The van der Waals surface area contributed by atoms with Crippen LogP contribution in [0, 0.1) is 18.8 Å². The zero-order valence-corrected chi connectivity index (χ0v) is 38.7. The van der Waals surface area contributed by atoms with Gasteiger partial charge in [0.05, 0.1) is 5.69 Å². The van der Waals surface area contributed by atoms with Crippen LogP contribution in [0.2, 0.25) is 0 Å². The Balaban J connectivity index is 0.00000484. The van der Waals surface area contributed by atoms with Gasteiger partial charge in [0.2, 0.25) is 11.4 Å². The van der Waals surface area contributed by atoms with E-state index < -0.39 is 0 Å². The van der Waals surface area contributed by atoms with Crippen molar-refractivity contribution >= 4 is 44.6 Å². The maximum absolute atomic E-state index is 6.92. The van der Waals surface area contributed by atoms with Gasteiger partial charge in [-0.25, -0.2) is 9.58 Å². The first-order valence-corrected chi connectivity index (χ1v) is 21.1. The summed E-state index contributed by atoms with van der Waals surface area (Å²) in [6.45, 7) is 27.5. The SMILES string of the molecule is CCC(CC)c1cccc([N@+]23[CH-][N+]2(c2[c-]c(Oc4[c-]c5c(cc4)c4ccccc4n5-c4cc(C(C)(C)C)ccn4)cc(C(C)(C)C)c2)c2cc(C(C)(C)C)ccc23)c1.[Pt]. The molecule has 0 aliphatic carbocycles. The van der Waals surface area contributed by atoms with Crippen LogP contribution in [0.5, 0.6) is 11.5 Å². The average molecular weight is 961 g/mol. The van der Waals surface area contributed by atoms with Crippen LogP contribution < -0.4 is 13.9 Å². The Kier molecular flexibility index (Phi) is 9.98. The standard InChI is InChI=1S/C53H57N4O.Pt/c1-12-35(13-2)36-17-16-18-40(27-36)56-34-57(56,49-30-37(51(3,4)5)21-24-48(49)56)41-28-39(53(9,10)11)29-43(32-41)58-42-22-23-45-44-19-14-15-20-46(44)55(47(45)33-42)50-31-38(25-26-54-50)52(6,7)8;/h14-31,34-35H,12-13H2,1-11H3;/q-1;/t56-,57?;/m0./s1. The molecule has 1 fully saturated rings. The zero-order valence-electron chi connectivity index (χ0n) is 36.5. The number of ether oxygens (including phenoxy) is 1. The van der Waals surface area contributed by atoms with E-state index in [1.165, 1.54) is 39.3 Å². The number of benzene rings is 5. The first kappa shape index (κ1) is 41.2. The third-order valence-electron chi connectivity index (χ3n) is 12.8. The molecule has 2 aliphatic heterocycles. The van der Waals surface area contributed by atoms with E-state index in [4.69, 9.17) is 9.72 Å². The second-order valence-corrected chi connectivity index (χ2v) is 19.6. The molecule has 306 valence electrons. The van der Waals surface area contributed by atoms with Crippen molar-refractivity contribution in [3.63, 3.8) is 0 Å². The van der Waals surface area contributed by atoms with Crippen molar-refractivity contribution in [3.8, 4) is 17.3 Å². The van der Waals surface area contributed by atoms with Gasteiger partial charge < -0.3 is 9.30 Å². The van der Waals surface area contributed by atoms with Gasteiger partial charge in [0.1, 0.15) is 5.82 Å². The molecular formula is C53H57N4OPt-. The predicted molar refractivity (Wildman–Crippen MR) is 242 cm³/mol. The molecule has 2 aromatic heterocycles. The summed E-state index contributed by atoms with van der Waals surface area (Å²) in [5.74, 6) is 2.73. The van der Waals surface area contributed by atoms with E-state index in [-0.39, 0.29) is 37.3 Å². The van der Waals surface area contributed by atoms with Gasteiger partial charge in [-0.3, -0.25) is 0 Å². The monoisotopic (exact) mass is 960 g/mol. The molecule has 2 atom stereocenters. The number of nitrogens with zero attached hydrogens (tertiary/aromatic N) is 4. The normalized spacial score (nSPS) is 18.6. The van der Waals surface area contributed by atoms with Crippen LogP contribution in [-0.2, 0) is 37.3 Å². The molecule has 0 amide bonds. The summed E-state index contributed by atoms with van der Waals surface area (Å²) >= 11 is 0. The van der Waals surface area contributed by atoms with Crippen LogP contribution in [0.1, 0.15) is 117 Å². The molecule has 4 heterocycles. The number of para-hydroxylation sites is 1. The fourth-order valence-electron chi connectivity index (χ4n) is 9.19. The van der Waals surface area contributed by atoms with Gasteiger partial charge in [-0.15, -0.1) is 35.2 Å². The van der Waals surface area contributed by atoms with Crippen molar-refractivity contribution in [2.45, 2.75) is 111 Å². The van der Waals surface area contributed by atoms with Crippen LogP contribution in [0.3, 0.4) is 0 Å². The molecule has 2 aliphatic rings. The van der Waals surface area contributed by atoms with Crippen molar-refractivity contribution in [2.24, 2.45) is 0 Å². The number of aromatic nitrogens is 2. The van der Waals surface area contributed by atoms with Gasteiger partial charge in [-0.05, 0) is 75.3 Å². The maximum Gasteiger partial charge on any atom is 0.225 e. The quantitative estimate of drug-likeness (QED) is 0.0862. The minimum Gasteiger partial charge on any atom is -0.509 e. The summed E-state index contributed by atoms with van der Waals surface area (Å²) < 4.78 is 10.3. The van der Waals surface area contributed by atoms with Gasteiger partial charge in [0, 0.05) is 68.5 Å². The fraction of sp³-hybridized carbons (Fsp3) is 0.321. The third-order valence-corrected chi connectivity index (χ3v) is 12.8. The third kappa shape index (κ3) is 6.51. The number of hydrogen-bond donors (Lipinski definition) is 0. The molecule has 0 N–H and O–H groups in total. The van der Waals surface area contributed by atoms with Crippen molar-refractivity contribution in [1.29, 1.82) is 0 Å². The summed E-state index contributed by atoms with van der Waals surface area (Å²) in [5, 5.41) is 2.27.